The van der Waals surface area contributed by atoms with Crippen molar-refractivity contribution in [1.29, 1.82) is 0 Å². The molecule has 1 aromatic heterocycles. The summed E-state index contributed by atoms with van der Waals surface area (Å²) in [7, 11) is 0. The Kier molecular flexibility index (Phi) is 4.95. The van der Waals surface area contributed by atoms with Crippen LogP contribution in [-0.4, -0.2) is 36.1 Å². The molecular weight excluding hydrogens is 230 g/mol. The van der Waals surface area contributed by atoms with Gasteiger partial charge in [-0.15, -0.1) is 11.3 Å². The van der Waals surface area contributed by atoms with Crippen molar-refractivity contribution in [2.24, 2.45) is 5.92 Å². The van der Waals surface area contributed by atoms with Crippen LogP contribution in [-0.2, 0) is 0 Å². The molecule has 2 rings (SSSR count). The van der Waals surface area contributed by atoms with E-state index in [1.807, 2.05) is 11.6 Å². The maximum atomic E-state index is 4.35. The first kappa shape index (κ1) is 13.0. The summed E-state index contributed by atoms with van der Waals surface area (Å²) in [5, 5.41) is 6.87. The number of likely N-dealkylation sites (tertiary alicyclic amines) is 1. The topological polar surface area (TPSA) is 28.2 Å². The van der Waals surface area contributed by atoms with Gasteiger partial charge in [-0.05, 0) is 51.9 Å². The summed E-state index contributed by atoms with van der Waals surface area (Å²) in [5.74, 6) is 0.847. The van der Waals surface area contributed by atoms with Crippen LogP contribution in [0.3, 0.4) is 0 Å². The molecule has 17 heavy (non-hydrogen) atoms. The largest absolute Gasteiger partial charge is 0.308 e. The van der Waals surface area contributed by atoms with E-state index in [1.54, 1.807) is 11.3 Å². The Morgan fingerprint density at radius 3 is 2.88 bits per heavy atom. The molecule has 1 unspecified atom stereocenters. The first-order valence-corrected chi connectivity index (χ1v) is 7.52. The summed E-state index contributed by atoms with van der Waals surface area (Å²) in [6.07, 6.45) is 4.56. The third-order valence-electron chi connectivity index (χ3n) is 3.69. The monoisotopic (exact) mass is 253 g/mol. The minimum atomic E-state index is 0.402. The van der Waals surface area contributed by atoms with Gasteiger partial charge in [0, 0.05) is 11.6 Å². The number of nitrogens with one attached hydrogen (secondary N) is 1. The summed E-state index contributed by atoms with van der Waals surface area (Å²) in [5.41, 5.74) is 0. The smallest absolute Gasteiger partial charge is 0.109 e. The van der Waals surface area contributed by atoms with Gasteiger partial charge in [0.15, 0.2) is 0 Å². The van der Waals surface area contributed by atoms with Gasteiger partial charge < -0.3 is 10.2 Å². The van der Waals surface area contributed by atoms with Crippen molar-refractivity contribution in [3.8, 4) is 0 Å². The van der Waals surface area contributed by atoms with E-state index in [0.29, 0.717) is 6.04 Å². The Morgan fingerprint density at radius 2 is 2.29 bits per heavy atom. The highest BCUT2D eigenvalue weighted by atomic mass is 32.1. The Labute approximate surface area is 108 Å². The van der Waals surface area contributed by atoms with Crippen molar-refractivity contribution in [3.05, 3.63) is 16.6 Å². The lowest BCUT2D eigenvalue weighted by Crippen LogP contribution is -2.37. The quantitative estimate of drug-likeness (QED) is 0.874. The van der Waals surface area contributed by atoms with E-state index in [0.717, 1.165) is 12.5 Å². The van der Waals surface area contributed by atoms with Crippen molar-refractivity contribution >= 4 is 11.3 Å². The van der Waals surface area contributed by atoms with Crippen LogP contribution in [0.1, 0.15) is 37.7 Å². The second kappa shape index (κ2) is 6.47. The van der Waals surface area contributed by atoms with E-state index in [1.165, 1.54) is 37.5 Å². The van der Waals surface area contributed by atoms with Crippen molar-refractivity contribution in [2.45, 2.75) is 32.7 Å². The average molecular weight is 253 g/mol. The molecule has 1 aromatic rings. The molecule has 0 saturated carbocycles. The van der Waals surface area contributed by atoms with Crippen LogP contribution < -0.4 is 5.32 Å². The fraction of sp³-hybridized carbons (Fsp3) is 0.769. The van der Waals surface area contributed by atoms with Crippen molar-refractivity contribution < 1.29 is 0 Å². The molecule has 96 valence electrons. The van der Waals surface area contributed by atoms with Crippen LogP contribution >= 0.6 is 11.3 Å². The molecule has 4 heteroatoms. The van der Waals surface area contributed by atoms with Gasteiger partial charge in [0.05, 0.1) is 6.04 Å². The number of rotatable bonds is 5. The lowest BCUT2D eigenvalue weighted by Gasteiger charge is -2.31. The second-order valence-electron chi connectivity index (χ2n) is 4.88. The number of hydrogen-bond acceptors (Lipinski definition) is 4. The number of hydrogen-bond donors (Lipinski definition) is 1. The van der Waals surface area contributed by atoms with Crippen molar-refractivity contribution in [1.82, 2.24) is 15.2 Å². The molecule has 1 saturated heterocycles. The van der Waals surface area contributed by atoms with Gasteiger partial charge in [0.2, 0.25) is 0 Å². The van der Waals surface area contributed by atoms with E-state index >= 15 is 0 Å². The van der Waals surface area contributed by atoms with E-state index in [-0.39, 0.29) is 0 Å². The normalized spacial score (nSPS) is 20.6. The average Bonchev–Trinajstić information content (AvgIpc) is 2.90. The molecule has 1 N–H and O–H groups in total. The molecule has 0 amide bonds. The van der Waals surface area contributed by atoms with Crippen molar-refractivity contribution in [3.63, 3.8) is 0 Å². The van der Waals surface area contributed by atoms with E-state index < -0.39 is 0 Å². The molecular formula is C13H23N3S. The minimum absolute atomic E-state index is 0.402. The highest BCUT2D eigenvalue weighted by molar-refractivity contribution is 7.09. The van der Waals surface area contributed by atoms with E-state index in [9.17, 15) is 0 Å². The molecule has 1 fully saturated rings. The lowest BCUT2D eigenvalue weighted by atomic mass is 9.96. The predicted octanol–water partition coefficient (Wildman–Crippen LogP) is 2.53. The molecule has 1 aliphatic rings. The molecule has 1 aliphatic heterocycles. The Bertz CT molecular complexity index is 304. The maximum absolute atomic E-state index is 4.35. The van der Waals surface area contributed by atoms with E-state index in [2.05, 4.69) is 29.0 Å². The molecule has 2 heterocycles. The fourth-order valence-corrected chi connectivity index (χ4v) is 3.06. The molecule has 3 nitrogen and oxygen atoms in total. The fourth-order valence-electron chi connectivity index (χ4n) is 2.39. The highest BCUT2D eigenvalue weighted by Crippen LogP contribution is 2.19. The summed E-state index contributed by atoms with van der Waals surface area (Å²) in [4.78, 5) is 6.90. The Balaban J connectivity index is 1.69. The van der Waals surface area contributed by atoms with Crippen LogP contribution in [0.25, 0.3) is 0 Å². The summed E-state index contributed by atoms with van der Waals surface area (Å²) in [6, 6.07) is 0.402. The SMILES string of the molecule is CCN1CCC(CNC(C)c2nccs2)CC1. The third kappa shape index (κ3) is 3.76. The summed E-state index contributed by atoms with van der Waals surface area (Å²) >= 11 is 1.74. The maximum Gasteiger partial charge on any atom is 0.109 e. The zero-order valence-corrected chi connectivity index (χ0v) is 11.7. The summed E-state index contributed by atoms with van der Waals surface area (Å²) in [6.45, 7) is 9.35. The van der Waals surface area contributed by atoms with Gasteiger partial charge in [-0.1, -0.05) is 6.92 Å². The Hall–Kier alpha value is -0.450. The second-order valence-corrected chi connectivity index (χ2v) is 5.80. The van der Waals surface area contributed by atoms with Gasteiger partial charge in [-0.3, -0.25) is 0 Å². The van der Waals surface area contributed by atoms with Gasteiger partial charge in [0.25, 0.3) is 0 Å². The summed E-state index contributed by atoms with van der Waals surface area (Å²) < 4.78 is 0. The number of piperidine rings is 1. The molecule has 0 aliphatic carbocycles. The first-order valence-electron chi connectivity index (χ1n) is 6.64. The van der Waals surface area contributed by atoms with Crippen LogP contribution in [0, 0.1) is 5.92 Å². The molecule has 1 atom stereocenters. The number of thiazole rings is 1. The molecule has 0 bridgehead atoms. The van der Waals surface area contributed by atoms with Crippen LogP contribution in [0.5, 0.6) is 0 Å². The van der Waals surface area contributed by atoms with Gasteiger partial charge in [-0.2, -0.15) is 0 Å². The highest BCUT2D eigenvalue weighted by Gasteiger charge is 2.18. The van der Waals surface area contributed by atoms with Crippen LogP contribution in [0.4, 0.5) is 0 Å². The van der Waals surface area contributed by atoms with Crippen LogP contribution in [0.2, 0.25) is 0 Å². The van der Waals surface area contributed by atoms with E-state index in [4.69, 9.17) is 0 Å². The van der Waals surface area contributed by atoms with Crippen molar-refractivity contribution in [2.75, 3.05) is 26.2 Å². The minimum Gasteiger partial charge on any atom is -0.308 e. The van der Waals surface area contributed by atoms with Gasteiger partial charge in [0.1, 0.15) is 5.01 Å². The zero-order valence-electron chi connectivity index (χ0n) is 10.9. The molecule has 0 radical (unpaired) electrons. The van der Waals surface area contributed by atoms with Gasteiger partial charge in [-0.25, -0.2) is 4.98 Å². The Morgan fingerprint density at radius 1 is 1.53 bits per heavy atom. The predicted molar refractivity (Wildman–Crippen MR) is 73.4 cm³/mol. The third-order valence-corrected chi connectivity index (χ3v) is 4.65. The van der Waals surface area contributed by atoms with Crippen LogP contribution in [0.15, 0.2) is 11.6 Å². The number of nitrogens with zero attached hydrogens (tertiary/aromatic N) is 2. The van der Waals surface area contributed by atoms with Gasteiger partial charge >= 0.3 is 0 Å². The number of aromatic nitrogens is 1. The molecule has 0 spiro atoms. The molecule has 0 aromatic carbocycles. The lowest BCUT2D eigenvalue weighted by molar-refractivity contribution is 0.188. The first-order chi connectivity index (χ1) is 8.29. The standard InChI is InChI=1S/C13H23N3S/c1-3-16-7-4-12(5-8-16)10-15-11(2)13-14-6-9-17-13/h6,9,11-12,15H,3-5,7-8,10H2,1-2H3. The zero-order chi connectivity index (χ0) is 12.1.